The summed E-state index contributed by atoms with van der Waals surface area (Å²) in [5.41, 5.74) is 5.65. The summed E-state index contributed by atoms with van der Waals surface area (Å²) in [5.74, 6) is 3.48. The predicted molar refractivity (Wildman–Crippen MR) is 59.7 cm³/mol. The molecule has 0 heterocycles. The smallest absolute Gasteiger partial charge is 0.00107 e. The van der Waals surface area contributed by atoms with E-state index in [1.165, 1.54) is 30.8 Å². The summed E-state index contributed by atoms with van der Waals surface area (Å²) >= 11 is 2.07. The van der Waals surface area contributed by atoms with Crippen LogP contribution >= 0.6 is 11.8 Å². The molecule has 0 aromatic rings. The maximum atomic E-state index is 5.65. The fourth-order valence-electron chi connectivity index (χ4n) is 0.910. The molecule has 0 saturated heterocycles. The maximum absolute atomic E-state index is 5.65. The summed E-state index contributed by atoms with van der Waals surface area (Å²) in [5, 5.41) is 0. The Bertz CT molecular complexity index is 93.8. The van der Waals surface area contributed by atoms with Crippen LogP contribution in [0.2, 0.25) is 0 Å². The zero-order chi connectivity index (χ0) is 9.40. The Morgan fingerprint density at radius 1 is 1.33 bits per heavy atom. The van der Waals surface area contributed by atoms with Gasteiger partial charge in [0.2, 0.25) is 0 Å². The Balaban J connectivity index is 3.00. The molecule has 0 aliphatic heterocycles. The van der Waals surface area contributed by atoms with Gasteiger partial charge in [0, 0.05) is 6.04 Å². The third kappa shape index (κ3) is 8.41. The molecule has 0 aromatic heterocycles. The molecule has 2 N–H and O–H groups in total. The van der Waals surface area contributed by atoms with Crippen LogP contribution in [0, 0.1) is 5.92 Å². The Morgan fingerprint density at radius 3 is 2.50 bits per heavy atom. The maximum Gasteiger partial charge on any atom is 0.00107 e. The lowest BCUT2D eigenvalue weighted by Gasteiger charge is -2.08. The quantitative estimate of drug-likeness (QED) is 0.623. The Hall–Kier alpha value is 0.310. The molecule has 0 aliphatic carbocycles. The van der Waals surface area contributed by atoms with Crippen LogP contribution in [0.3, 0.4) is 0 Å². The second kappa shape index (κ2) is 7.93. The van der Waals surface area contributed by atoms with Gasteiger partial charge in [-0.15, -0.1) is 0 Å². The highest BCUT2D eigenvalue weighted by atomic mass is 32.2. The van der Waals surface area contributed by atoms with Crippen molar-refractivity contribution in [3.8, 4) is 0 Å². The van der Waals surface area contributed by atoms with Crippen molar-refractivity contribution in [3.05, 3.63) is 0 Å². The standard InChI is InChI=1S/C10H23NS/c1-4-9(2)8-12-7-5-6-10(3)11/h9-10H,4-8,11H2,1-3H3. The first kappa shape index (κ1) is 12.3. The minimum absolute atomic E-state index is 0.384. The molecule has 0 fully saturated rings. The van der Waals surface area contributed by atoms with E-state index in [9.17, 15) is 0 Å². The largest absolute Gasteiger partial charge is 0.328 e. The topological polar surface area (TPSA) is 26.0 Å². The van der Waals surface area contributed by atoms with Crippen LogP contribution in [0.4, 0.5) is 0 Å². The minimum Gasteiger partial charge on any atom is -0.328 e. The highest BCUT2D eigenvalue weighted by molar-refractivity contribution is 7.99. The van der Waals surface area contributed by atoms with Crippen molar-refractivity contribution in [3.63, 3.8) is 0 Å². The van der Waals surface area contributed by atoms with Crippen LogP contribution < -0.4 is 5.73 Å². The normalized spacial score (nSPS) is 16.0. The molecule has 0 saturated carbocycles. The Morgan fingerprint density at radius 2 is 2.00 bits per heavy atom. The lowest BCUT2D eigenvalue weighted by Crippen LogP contribution is -2.14. The molecule has 2 unspecified atom stereocenters. The highest BCUT2D eigenvalue weighted by Crippen LogP contribution is 2.12. The summed E-state index contributed by atoms with van der Waals surface area (Å²) in [6, 6.07) is 0.384. The van der Waals surface area contributed by atoms with E-state index in [1.807, 2.05) is 0 Å². The molecule has 1 nitrogen and oxygen atoms in total. The lowest BCUT2D eigenvalue weighted by molar-refractivity contribution is 0.633. The summed E-state index contributed by atoms with van der Waals surface area (Å²) in [4.78, 5) is 0. The van der Waals surface area contributed by atoms with Gasteiger partial charge in [-0.3, -0.25) is 0 Å². The van der Waals surface area contributed by atoms with Crippen LogP contribution in [0.25, 0.3) is 0 Å². The molecule has 2 atom stereocenters. The Kier molecular flexibility index (Phi) is 8.14. The van der Waals surface area contributed by atoms with E-state index in [-0.39, 0.29) is 0 Å². The molecule has 0 aliphatic rings. The van der Waals surface area contributed by atoms with Crippen molar-refractivity contribution >= 4 is 11.8 Å². The highest BCUT2D eigenvalue weighted by Gasteiger charge is 1.99. The number of hydrogen-bond donors (Lipinski definition) is 1. The van der Waals surface area contributed by atoms with E-state index in [1.54, 1.807) is 0 Å². The second-order valence-corrected chi connectivity index (χ2v) is 4.86. The van der Waals surface area contributed by atoms with Crippen molar-refractivity contribution < 1.29 is 0 Å². The third-order valence-electron chi connectivity index (χ3n) is 2.05. The van der Waals surface area contributed by atoms with E-state index in [2.05, 4.69) is 32.5 Å². The van der Waals surface area contributed by atoms with Crippen LogP contribution in [0.5, 0.6) is 0 Å². The van der Waals surface area contributed by atoms with Gasteiger partial charge in [-0.1, -0.05) is 20.3 Å². The van der Waals surface area contributed by atoms with Gasteiger partial charge in [0.25, 0.3) is 0 Å². The van der Waals surface area contributed by atoms with Gasteiger partial charge in [0.15, 0.2) is 0 Å². The summed E-state index contributed by atoms with van der Waals surface area (Å²) in [6.07, 6.45) is 3.76. The molecule has 0 radical (unpaired) electrons. The van der Waals surface area contributed by atoms with E-state index in [0.29, 0.717) is 6.04 Å². The SMILES string of the molecule is CCC(C)CSCCCC(C)N. The molecule has 0 aromatic carbocycles. The van der Waals surface area contributed by atoms with Crippen molar-refractivity contribution in [1.82, 2.24) is 0 Å². The van der Waals surface area contributed by atoms with E-state index in [4.69, 9.17) is 5.73 Å². The van der Waals surface area contributed by atoms with Crippen LogP contribution in [-0.2, 0) is 0 Å². The van der Waals surface area contributed by atoms with Crippen molar-refractivity contribution in [1.29, 1.82) is 0 Å². The van der Waals surface area contributed by atoms with Crippen molar-refractivity contribution in [2.24, 2.45) is 11.7 Å². The van der Waals surface area contributed by atoms with E-state index < -0.39 is 0 Å². The fraction of sp³-hybridized carbons (Fsp3) is 1.00. The van der Waals surface area contributed by atoms with Gasteiger partial charge < -0.3 is 5.73 Å². The average molecular weight is 189 g/mol. The molecule has 0 amide bonds. The number of rotatable bonds is 7. The van der Waals surface area contributed by atoms with Gasteiger partial charge in [0.1, 0.15) is 0 Å². The first-order valence-corrected chi connectivity index (χ1v) is 6.15. The lowest BCUT2D eigenvalue weighted by atomic mass is 10.2. The molecule has 12 heavy (non-hydrogen) atoms. The first-order chi connectivity index (χ1) is 5.66. The molecule has 74 valence electrons. The average Bonchev–Trinajstić information content (AvgIpc) is 2.03. The molecular weight excluding hydrogens is 166 g/mol. The first-order valence-electron chi connectivity index (χ1n) is 5.00. The van der Waals surface area contributed by atoms with Gasteiger partial charge >= 0.3 is 0 Å². The van der Waals surface area contributed by atoms with Gasteiger partial charge in [0.05, 0.1) is 0 Å². The number of hydrogen-bond acceptors (Lipinski definition) is 2. The molecule has 0 rings (SSSR count). The van der Waals surface area contributed by atoms with Gasteiger partial charge in [-0.2, -0.15) is 11.8 Å². The molecule has 0 bridgehead atoms. The van der Waals surface area contributed by atoms with Crippen molar-refractivity contribution in [2.75, 3.05) is 11.5 Å². The fourth-order valence-corrected chi connectivity index (χ4v) is 2.09. The van der Waals surface area contributed by atoms with Gasteiger partial charge in [-0.25, -0.2) is 0 Å². The number of thioether (sulfide) groups is 1. The minimum atomic E-state index is 0.384. The van der Waals surface area contributed by atoms with Crippen LogP contribution in [0.15, 0.2) is 0 Å². The van der Waals surface area contributed by atoms with Crippen LogP contribution in [-0.4, -0.2) is 17.5 Å². The second-order valence-electron chi connectivity index (χ2n) is 3.71. The molecule has 2 heteroatoms. The molecular formula is C10H23NS. The summed E-state index contributed by atoms with van der Waals surface area (Å²) < 4.78 is 0. The van der Waals surface area contributed by atoms with Crippen LogP contribution in [0.1, 0.15) is 40.0 Å². The Labute approximate surface area is 81.5 Å². The summed E-state index contributed by atoms with van der Waals surface area (Å²) in [7, 11) is 0. The monoisotopic (exact) mass is 189 g/mol. The zero-order valence-corrected chi connectivity index (χ0v) is 9.49. The predicted octanol–water partition coefficient (Wildman–Crippen LogP) is 2.89. The molecule has 0 spiro atoms. The van der Waals surface area contributed by atoms with E-state index >= 15 is 0 Å². The summed E-state index contributed by atoms with van der Waals surface area (Å²) in [6.45, 7) is 6.66. The van der Waals surface area contributed by atoms with Gasteiger partial charge in [-0.05, 0) is 37.2 Å². The third-order valence-corrected chi connectivity index (χ3v) is 3.43. The number of nitrogens with two attached hydrogens (primary N) is 1. The van der Waals surface area contributed by atoms with Crippen molar-refractivity contribution in [2.45, 2.75) is 46.1 Å². The zero-order valence-electron chi connectivity index (χ0n) is 8.68. The van der Waals surface area contributed by atoms with E-state index in [0.717, 1.165) is 5.92 Å².